The minimum absolute atomic E-state index is 0.0333. The van der Waals surface area contributed by atoms with E-state index in [0.717, 1.165) is 6.07 Å². The number of isocyanates is 1. The van der Waals surface area contributed by atoms with Crippen LogP contribution in [0, 0.1) is 19.3 Å². The van der Waals surface area contributed by atoms with Gasteiger partial charge in [-0.1, -0.05) is 6.07 Å². The van der Waals surface area contributed by atoms with Gasteiger partial charge in [0.05, 0.1) is 13.1 Å². The van der Waals surface area contributed by atoms with E-state index in [-0.39, 0.29) is 12.2 Å². The van der Waals surface area contributed by atoms with Crippen molar-refractivity contribution in [3.05, 3.63) is 40.5 Å². The van der Waals surface area contributed by atoms with Gasteiger partial charge in [0.25, 0.3) is 0 Å². The molecule has 0 heterocycles. The lowest BCUT2D eigenvalue weighted by Crippen LogP contribution is -1.89. The van der Waals surface area contributed by atoms with Gasteiger partial charge in [0.2, 0.25) is 6.08 Å². The maximum Gasteiger partial charge on any atom is 0.235 e. The van der Waals surface area contributed by atoms with Crippen LogP contribution in [0.5, 0.6) is 0 Å². The van der Waals surface area contributed by atoms with Gasteiger partial charge in [0.1, 0.15) is 5.82 Å². The third-order valence-electron chi connectivity index (χ3n) is 1.80. The third kappa shape index (κ3) is 2.03. The van der Waals surface area contributed by atoms with Gasteiger partial charge in [0.15, 0.2) is 5.69 Å². The second kappa shape index (κ2) is 4.31. The van der Waals surface area contributed by atoms with Crippen molar-refractivity contribution < 1.29 is 9.18 Å². The molecule has 14 heavy (non-hydrogen) atoms. The van der Waals surface area contributed by atoms with Crippen molar-refractivity contribution in [2.45, 2.75) is 13.5 Å². The molecule has 0 aliphatic heterocycles. The Morgan fingerprint density at radius 1 is 1.64 bits per heavy atom. The molecule has 0 spiro atoms. The van der Waals surface area contributed by atoms with Crippen LogP contribution >= 0.6 is 0 Å². The first kappa shape index (κ1) is 10.1. The van der Waals surface area contributed by atoms with Crippen LogP contribution in [-0.2, 0) is 11.3 Å². The zero-order valence-electron chi connectivity index (χ0n) is 7.54. The molecule has 0 atom stereocenters. The van der Waals surface area contributed by atoms with E-state index in [1.54, 1.807) is 6.92 Å². The van der Waals surface area contributed by atoms with Crippen LogP contribution in [0.1, 0.15) is 11.1 Å². The lowest BCUT2D eigenvalue weighted by molar-refractivity contribution is 0.561. The highest BCUT2D eigenvalue weighted by molar-refractivity contribution is 5.53. The summed E-state index contributed by atoms with van der Waals surface area (Å²) in [5, 5.41) is 0. The van der Waals surface area contributed by atoms with Crippen molar-refractivity contribution in [1.29, 1.82) is 0 Å². The molecule has 1 rings (SSSR count). The predicted molar refractivity (Wildman–Crippen MR) is 49.2 cm³/mol. The van der Waals surface area contributed by atoms with Gasteiger partial charge in [-0.15, -0.1) is 0 Å². The van der Waals surface area contributed by atoms with E-state index in [1.165, 1.54) is 12.1 Å². The van der Waals surface area contributed by atoms with Gasteiger partial charge >= 0.3 is 0 Å². The van der Waals surface area contributed by atoms with Crippen LogP contribution in [0.25, 0.3) is 4.85 Å². The van der Waals surface area contributed by atoms with Gasteiger partial charge in [-0.2, -0.15) is 0 Å². The second-order valence-corrected chi connectivity index (χ2v) is 2.75. The zero-order chi connectivity index (χ0) is 10.6. The Morgan fingerprint density at radius 3 is 2.93 bits per heavy atom. The van der Waals surface area contributed by atoms with Crippen molar-refractivity contribution in [3.63, 3.8) is 0 Å². The molecule has 0 radical (unpaired) electrons. The minimum Gasteiger partial charge on any atom is -0.238 e. The first-order chi connectivity index (χ1) is 6.69. The van der Waals surface area contributed by atoms with E-state index in [0.29, 0.717) is 11.1 Å². The lowest BCUT2D eigenvalue weighted by Gasteiger charge is -2.02. The molecule has 70 valence electrons. The molecule has 0 aliphatic rings. The number of hydrogen-bond donors (Lipinski definition) is 0. The molecule has 1 aromatic carbocycles. The fourth-order valence-corrected chi connectivity index (χ4v) is 1.09. The molecule has 0 aromatic heterocycles. The summed E-state index contributed by atoms with van der Waals surface area (Å²) in [6, 6.07) is 2.67. The van der Waals surface area contributed by atoms with E-state index in [4.69, 9.17) is 6.57 Å². The first-order valence-corrected chi connectivity index (χ1v) is 3.89. The fraction of sp³-hybridized carbons (Fsp3) is 0.200. The molecule has 4 heteroatoms. The smallest absolute Gasteiger partial charge is 0.235 e. The summed E-state index contributed by atoms with van der Waals surface area (Å²) in [5.41, 5.74) is 1.26. The van der Waals surface area contributed by atoms with Gasteiger partial charge in [-0.05, 0) is 18.6 Å². The third-order valence-corrected chi connectivity index (χ3v) is 1.80. The Hall–Kier alpha value is -1.98. The maximum absolute atomic E-state index is 13.2. The average molecular weight is 190 g/mol. The summed E-state index contributed by atoms with van der Waals surface area (Å²) < 4.78 is 13.2. The minimum atomic E-state index is -0.513. The number of nitrogens with zero attached hydrogens (tertiary/aromatic N) is 2. The summed E-state index contributed by atoms with van der Waals surface area (Å²) in [4.78, 5) is 16.3. The highest BCUT2D eigenvalue weighted by atomic mass is 19.1. The molecule has 0 unspecified atom stereocenters. The molecule has 0 bridgehead atoms. The van der Waals surface area contributed by atoms with Crippen molar-refractivity contribution in [2.75, 3.05) is 0 Å². The Labute approximate surface area is 80.7 Å². The Balaban J connectivity index is 3.16. The van der Waals surface area contributed by atoms with Crippen molar-refractivity contribution in [1.82, 2.24) is 0 Å². The van der Waals surface area contributed by atoms with Crippen LogP contribution < -0.4 is 0 Å². The molecule has 3 nitrogen and oxygen atoms in total. The molecular weight excluding hydrogens is 183 g/mol. The van der Waals surface area contributed by atoms with Gasteiger partial charge < -0.3 is 0 Å². The molecular formula is C10H7FN2O. The predicted octanol–water partition coefficient (Wildman–Crippen LogP) is 2.52. The molecule has 0 fully saturated rings. The average Bonchev–Trinajstić information content (AvgIpc) is 2.18. The summed E-state index contributed by atoms with van der Waals surface area (Å²) in [6.45, 7) is 8.44. The van der Waals surface area contributed by atoms with Crippen LogP contribution in [0.2, 0.25) is 0 Å². The van der Waals surface area contributed by atoms with E-state index in [2.05, 4.69) is 9.84 Å². The van der Waals surface area contributed by atoms with Crippen LogP contribution in [-0.4, -0.2) is 6.08 Å². The topological polar surface area (TPSA) is 33.8 Å². The van der Waals surface area contributed by atoms with E-state index in [9.17, 15) is 9.18 Å². The van der Waals surface area contributed by atoms with Crippen molar-refractivity contribution >= 4 is 11.8 Å². The summed E-state index contributed by atoms with van der Waals surface area (Å²) in [7, 11) is 0. The quantitative estimate of drug-likeness (QED) is 0.400. The molecule has 0 saturated carbocycles. The molecule has 0 saturated heterocycles. The normalized spacial score (nSPS) is 8.93. The number of hydrogen-bond acceptors (Lipinski definition) is 2. The number of aliphatic imine (C=N–C) groups is 1. The Kier molecular flexibility index (Phi) is 3.11. The molecule has 1 aromatic rings. The summed E-state index contributed by atoms with van der Waals surface area (Å²) >= 11 is 0. The number of benzene rings is 1. The van der Waals surface area contributed by atoms with Crippen LogP contribution in [0.3, 0.4) is 0 Å². The second-order valence-electron chi connectivity index (χ2n) is 2.75. The SMILES string of the molecule is [C-]#[N+]c1cc(F)c(CN=C=O)cc1C. The van der Waals surface area contributed by atoms with Crippen molar-refractivity contribution in [2.24, 2.45) is 4.99 Å². The maximum atomic E-state index is 13.2. The monoisotopic (exact) mass is 190 g/mol. The number of carbonyl (C=O) groups excluding carboxylic acids is 1. The Morgan fingerprint density at radius 2 is 2.36 bits per heavy atom. The summed E-state index contributed by atoms with van der Waals surface area (Å²) in [6.07, 6.45) is 1.34. The Bertz CT molecular complexity index is 442. The molecule has 0 aliphatic carbocycles. The van der Waals surface area contributed by atoms with Gasteiger partial charge in [-0.25, -0.2) is 19.0 Å². The van der Waals surface area contributed by atoms with Crippen LogP contribution in [0.15, 0.2) is 17.1 Å². The van der Waals surface area contributed by atoms with E-state index in [1.807, 2.05) is 0 Å². The number of rotatable bonds is 2. The van der Waals surface area contributed by atoms with Crippen LogP contribution in [0.4, 0.5) is 10.1 Å². The number of halogens is 1. The van der Waals surface area contributed by atoms with Gasteiger partial charge in [0, 0.05) is 5.56 Å². The molecule has 0 N–H and O–H groups in total. The first-order valence-electron chi connectivity index (χ1n) is 3.89. The van der Waals surface area contributed by atoms with Crippen molar-refractivity contribution in [3.8, 4) is 0 Å². The highest BCUT2D eigenvalue weighted by Gasteiger charge is 2.06. The van der Waals surface area contributed by atoms with E-state index < -0.39 is 5.82 Å². The summed E-state index contributed by atoms with van der Waals surface area (Å²) in [5.74, 6) is -0.513. The number of aryl methyl sites for hydroxylation is 1. The fourth-order valence-electron chi connectivity index (χ4n) is 1.09. The highest BCUT2D eigenvalue weighted by Crippen LogP contribution is 2.22. The lowest BCUT2D eigenvalue weighted by atomic mass is 10.1. The zero-order valence-corrected chi connectivity index (χ0v) is 7.54. The standard InChI is InChI=1S/C10H7FN2O/c1-7-3-8(5-13-6-14)9(11)4-10(7)12-2/h3-4H,5H2,1H3. The largest absolute Gasteiger partial charge is 0.238 e. The van der Waals surface area contributed by atoms with E-state index >= 15 is 0 Å². The molecule has 0 amide bonds. The van der Waals surface area contributed by atoms with Gasteiger partial charge in [-0.3, -0.25) is 0 Å².